The largest absolute Gasteiger partial charge is 0.463 e. The Hall–Kier alpha value is -4.43. The molecule has 0 aliphatic carbocycles. The predicted octanol–water partition coefficient (Wildman–Crippen LogP) is 1.11. The fourth-order valence-electron chi connectivity index (χ4n) is 4.77. The molecule has 0 unspecified atom stereocenters. The van der Waals surface area contributed by atoms with Crippen molar-refractivity contribution >= 4 is 29.8 Å². The van der Waals surface area contributed by atoms with E-state index in [4.69, 9.17) is 23.7 Å². The average molecular weight is 615 g/mol. The van der Waals surface area contributed by atoms with E-state index in [9.17, 15) is 24.0 Å². The van der Waals surface area contributed by atoms with Crippen LogP contribution in [0.15, 0.2) is 48.8 Å². The van der Waals surface area contributed by atoms with E-state index >= 15 is 0 Å². The summed E-state index contributed by atoms with van der Waals surface area (Å²) in [7, 11) is 0. The summed E-state index contributed by atoms with van der Waals surface area (Å²) in [5.41, 5.74) is 1.57. The first-order valence-corrected chi connectivity index (χ1v) is 14.1. The van der Waals surface area contributed by atoms with Crippen LogP contribution in [0, 0.1) is 0 Å². The second kappa shape index (κ2) is 17.0. The molecule has 3 heterocycles. The van der Waals surface area contributed by atoms with Crippen LogP contribution >= 0.6 is 0 Å². The van der Waals surface area contributed by atoms with E-state index in [1.165, 1.54) is 13.8 Å². The van der Waals surface area contributed by atoms with Crippen molar-refractivity contribution in [2.24, 2.45) is 0 Å². The topological polar surface area (TPSA) is 173 Å². The number of carbonyl (C=O) groups excluding carboxylic acids is 5. The van der Waals surface area contributed by atoms with Crippen molar-refractivity contribution in [3.8, 4) is 0 Å². The van der Waals surface area contributed by atoms with Crippen molar-refractivity contribution in [2.45, 2.75) is 77.7 Å². The highest BCUT2D eigenvalue weighted by Crippen LogP contribution is 2.30. The summed E-state index contributed by atoms with van der Waals surface area (Å²) in [5.74, 6) is -3.01. The van der Waals surface area contributed by atoms with E-state index in [0.29, 0.717) is 13.1 Å². The molecule has 0 radical (unpaired) electrons. The minimum absolute atomic E-state index is 0.0335. The molecule has 1 fully saturated rings. The molecule has 2 aromatic rings. The molecule has 5 atom stereocenters. The molecule has 1 amide bonds. The van der Waals surface area contributed by atoms with Crippen molar-refractivity contribution < 1.29 is 47.7 Å². The maximum Gasteiger partial charge on any atom is 0.303 e. The molecule has 1 aliphatic rings. The summed E-state index contributed by atoms with van der Waals surface area (Å²) >= 11 is 0. The molecule has 1 saturated heterocycles. The Morgan fingerprint density at radius 2 is 1.27 bits per heavy atom. The number of carbonyl (C=O) groups is 5. The van der Waals surface area contributed by atoms with Crippen LogP contribution in [0.25, 0.3) is 0 Å². The lowest BCUT2D eigenvalue weighted by molar-refractivity contribution is -0.253. The van der Waals surface area contributed by atoms with Crippen molar-refractivity contribution in [3.63, 3.8) is 0 Å². The van der Waals surface area contributed by atoms with Crippen molar-refractivity contribution in [1.82, 2.24) is 20.2 Å². The van der Waals surface area contributed by atoms with Gasteiger partial charge in [-0.25, -0.2) is 0 Å². The summed E-state index contributed by atoms with van der Waals surface area (Å²) in [6.45, 7) is 5.30. The molecule has 44 heavy (non-hydrogen) atoms. The van der Waals surface area contributed by atoms with Crippen LogP contribution < -0.4 is 5.32 Å². The zero-order valence-electron chi connectivity index (χ0n) is 25.2. The maximum absolute atomic E-state index is 13.1. The standard InChI is InChI=1S/C30H38N4O10/c1-19(35)40-18-26-29(42-21(3)37)30(43-22(4)38)28(41-20(2)36)25(44-26)11-14-33-27(39)17-34(15-23-9-5-7-12-31-23)16-24-10-6-8-13-32-24/h5-10,12-13,25-26,28-30H,11,14-18H2,1-4H3,(H,33,39)/t25-,26+,28-,29+,30+/m0/s1. The van der Waals surface area contributed by atoms with Crippen LogP contribution in [0.3, 0.4) is 0 Å². The Morgan fingerprint density at radius 1 is 0.750 bits per heavy atom. The molecule has 3 rings (SSSR count). The van der Waals surface area contributed by atoms with Crippen LogP contribution in [-0.4, -0.2) is 94.9 Å². The number of rotatable bonds is 14. The fourth-order valence-corrected chi connectivity index (χ4v) is 4.77. The summed E-state index contributed by atoms with van der Waals surface area (Å²) in [4.78, 5) is 71.2. The molecule has 0 bridgehead atoms. The van der Waals surface area contributed by atoms with Gasteiger partial charge in [-0.3, -0.25) is 38.8 Å². The van der Waals surface area contributed by atoms with Crippen molar-refractivity contribution in [1.29, 1.82) is 0 Å². The Kier molecular flexibility index (Phi) is 13.2. The highest BCUT2D eigenvalue weighted by Gasteiger charge is 2.51. The number of ether oxygens (including phenoxy) is 5. The first kappa shape index (κ1) is 34.1. The summed E-state index contributed by atoms with van der Waals surface area (Å²) in [5, 5.41) is 2.85. The van der Waals surface area contributed by atoms with Gasteiger partial charge in [-0.15, -0.1) is 0 Å². The number of pyridine rings is 2. The van der Waals surface area contributed by atoms with Gasteiger partial charge in [-0.2, -0.15) is 0 Å². The molecule has 2 aromatic heterocycles. The third-order valence-electron chi connectivity index (χ3n) is 6.43. The van der Waals surface area contributed by atoms with Crippen LogP contribution in [0.4, 0.5) is 0 Å². The van der Waals surface area contributed by atoms with E-state index in [1.807, 2.05) is 41.3 Å². The molecule has 0 aromatic carbocycles. The van der Waals surface area contributed by atoms with Gasteiger partial charge < -0.3 is 29.0 Å². The third-order valence-corrected chi connectivity index (χ3v) is 6.43. The Labute approximate surface area is 255 Å². The lowest BCUT2D eigenvalue weighted by Crippen LogP contribution is -2.62. The summed E-state index contributed by atoms with van der Waals surface area (Å²) < 4.78 is 27.5. The molecule has 1 N–H and O–H groups in total. The van der Waals surface area contributed by atoms with Gasteiger partial charge >= 0.3 is 23.9 Å². The van der Waals surface area contributed by atoms with Gasteiger partial charge in [-0.1, -0.05) is 12.1 Å². The normalized spacial score (nSPS) is 21.2. The zero-order chi connectivity index (χ0) is 32.1. The van der Waals surface area contributed by atoms with Gasteiger partial charge in [0, 0.05) is 59.7 Å². The second-order valence-corrected chi connectivity index (χ2v) is 10.2. The Balaban J connectivity index is 1.73. The van der Waals surface area contributed by atoms with Gasteiger partial charge in [0.25, 0.3) is 0 Å². The molecular formula is C30H38N4O10. The average Bonchev–Trinajstić information content (AvgIpc) is 2.95. The van der Waals surface area contributed by atoms with E-state index in [0.717, 1.165) is 25.2 Å². The molecule has 14 nitrogen and oxygen atoms in total. The van der Waals surface area contributed by atoms with E-state index in [-0.39, 0.29) is 32.0 Å². The van der Waals surface area contributed by atoms with E-state index in [2.05, 4.69) is 15.3 Å². The summed E-state index contributed by atoms with van der Waals surface area (Å²) in [6, 6.07) is 11.1. The van der Waals surface area contributed by atoms with Crippen LogP contribution in [-0.2, 0) is 60.7 Å². The van der Waals surface area contributed by atoms with Gasteiger partial charge in [0.2, 0.25) is 5.91 Å². The molecular weight excluding hydrogens is 576 g/mol. The second-order valence-electron chi connectivity index (χ2n) is 10.2. The van der Waals surface area contributed by atoms with Gasteiger partial charge in [0.05, 0.1) is 17.9 Å². The van der Waals surface area contributed by atoms with E-state index < -0.39 is 54.4 Å². The molecule has 238 valence electrons. The molecule has 0 spiro atoms. The zero-order valence-corrected chi connectivity index (χ0v) is 25.2. The molecule has 14 heteroatoms. The monoisotopic (exact) mass is 614 g/mol. The number of nitrogens with zero attached hydrogens (tertiary/aromatic N) is 3. The first-order chi connectivity index (χ1) is 21.0. The molecule has 1 aliphatic heterocycles. The van der Waals surface area contributed by atoms with E-state index in [1.54, 1.807) is 12.4 Å². The molecule has 0 saturated carbocycles. The number of nitrogens with one attached hydrogen (secondary N) is 1. The van der Waals surface area contributed by atoms with Gasteiger partial charge in [0.1, 0.15) is 18.8 Å². The maximum atomic E-state index is 13.1. The number of hydrogen-bond donors (Lipinski definition) is 1. The lowest BCUT2D eigenvalue weighted by atomic mass is 9.92. The summed E-state index contributed by atoms with van der Waals surface area (Å²) in [6.07, 6.45) is -2.17. The van der Waals surface area contributed by atoms with Crippen LogP contribution in [0.2, 0.25) is 0 Å². The van der Waals surface area contributed by atoms with Crippen LogP contribution in [0.5, 0.6) is 0 Å². The smallest absolute Gasteiger partial charge is 0.303 e. The van der Waals surface area contributed by atoms with Crippen LogP contribution in [0.1, 0.15) is 45.5 Å². The lowest BCUT2D eigenvalue weighted by Gasteiger charge is -2.44. The quantitative estimate of drug-likeness (QED) is 0.237. The van der Waals surface area contributed by atoms with Crippen molar-refractivity contribution in [3.05, 3.63) is 60.2 Å². The number of hydrogen-bond acceptors (Lipinski definition) is 13. The Morgan fingerprint density at radius 3 is 1.75 bits per heavy atom. The minimum Gasteiger partial charge on any atom is -0.463 e. The van der Waals surface area contributed by atoms with Gasteiger partial charge in [-0.05, 0) is 30.7 Å². The van der Waals surface area contributed by atoms with Gasteiger partial charge in [0.15, 0.2) is 18.3 Å². The number of esters is 4. The highest BCUT2D eigenvalue weighted by atomic mass is 16.7. The highest BCUT2D eigenvalue weighted by molar-refractivity contribution is 5.78. The Bertz CT molecular complexity index is 1220. The fraction of sp³-hybridized carbons (Fsp3) is 0.500. The number of aromatic nitrogens is 2. The first-order valence-electron chi connectivity index (χ1n) is 14.1. The SMILES string of the molecule is CC(=O)OC[C@H]1O[C@@H](CCNC(=O)CN(Cc2ccccn2)Cc2ccccn2)[C@H](OC(C)=O)[C@@H](OC(C)=O)[C@@H]1OC(C)=O. The van der Waals surface area contributed by atoms with Crippen molar-refractivity contribution in [2.75, 3.05) is 19.7 Å². The third kappa shape index (κ3) is 11.3. The minimum atomic E-state index is -1.26. The number of amides is 1. The predicted molar refractivity (Wildman–Crippen MR) is 152 cm³/mol.